The number of aryl methyl sites for hydroxylation is 1. The van der Waals surface area contributed by atoms with Gasteiger partial charge in [-0.05, 0) is 42.8 Å². The summed E-state index contributed by atoms with van der Waals surface area (Å²) in [5, 5.41) is 8.13. The summed E-state index contributed by atoms with van der Waals surface area (Å²) in [6.07, 6.45) is 1.09. The first-order valence-electron chi connectivity index (χ1n) is 11.7. The molecule has 6 rings (SSSR count). The molecule has 0 saturated carbocycles. The van der Waals surface area contributed by atoms with Crippen molar-refractivity contribution >= 4 is 11.6 Å². The van der Waals surface area contributed by atoms with Crippen LogP contribution in [0.4, 0.5) is 5.95 Å². The van der Waals surface area contributed by atoms with E-state index in [1.807, 2.05) is 41.1 Å². The highest BCUT2D eigenvalue weighted by Crippen LogP contribution is 2.53. The lowest BCUT2D eigenvalue weighted by Crippen LogP contribution is -2.32. The number of anilines is 1. The lowest BCUT2D eigenvalue weighted by molar-refractivity contribution is 0.216. The molecular weight excluding hydrogens is 456 g/mol. The van der Waals surface area contributed by atoms with E-state index in [0.717, 1.165) is 45.0 Å². The average molecular weight is 483 g/mol. The number of nitrogens with zero attached hydrogens (tertiary/aromatic N) is 3. The third kappa shape index (κ3) is 3.37. The first-order valence-corrected chi connectivity index (χ1v) is 11.7. The molecule has 2 atom stereocenters. The van der Waals surface area contributed by atoms with Gasteiger partial charge in [0.15, 0.2) is 17.6 Å². The number of nitrogens with one attached hydrogen (secondary N) is 1. The summed E-state index contributed by atoms with van der Waals surface area (Å²) >= 11 is 0. The van der Waals surface area contributed by atoms with Crippen LogP contribution < -0.4 is 24.3 Å². The van der Waals surface area contributed by atoms with Crippen molar-refractivity contribution in [3.8, 4) is 23.0 Å². The van der Waals surface area contributed by atoms with Crippen LogP contribution in [-0.4, -0.2) is 36.1 Å². The van der Waals surface area contributed by atoms with Gasteiger partial charge in [-0.3, -0.25) is 0 Å². The van der Waals surface area contributed by atoms with Crippen molar-refractivity contribution in [3.63, 3.8) is 0 Å². The summed E-state index contributed by atoms with van der Waals surface area (Å²) in [7, 11) is 4.94. The number of ether oxygens (including phenoxy) is 4. The summed E-state index contributed by atoms with van der Waals surface area (Å²) < 4.78 is 25.5. The fraction of sp³-hybridized carbons (Fsp3) is 0.214. The van der Waals surface area contributed by atoms with Crippen LogP contribution in [-0.2, 0) is 0 Å². The molecule has 2 aliphatic heterocycles. The molecule has 0 fully saturated rings. The zero-order valence-corrected chi connectivity index (χ0v) is 20.5. The second-order valence-electron chi connectivity index (χ2n) is 8.74. The SMILES string of the molecule is COc1ccc([C@@H]2C3=C(Nc4ncnn42)c2cc(C)ccc2O[C@H]3c2cccc(OC)c2OC)cc1. The molecule has 8 nitrogen and oxygen atoms in total. The second kappa shape index (κ2) is 8.64. The third-order valence-electron chi connectivity index (χ3n) is 6.72. The molecule has 36 heavy (non-hydrogen) atoms. The Morgan fingerprint density at radius 3 is 2.53 bits per heavy atom. The van der Waals surface area contributed by atoms with Crippen molar-refractivity contribution in [2.45, 2.75) is 19.1 Å². The molecule has 0 radical (unpaired) electrons. The van der Waals surface area contributed by atoms with E-state index < -0.39 is 6.10 Å². The largest absolute Gasteiger partial charge is 0.497 e. The van der Waals surface area contributed by atoms with Gasteiger partial charge in [0.1, 0.15) is 23.9 Å². The van der Waals surface area contributed by atoms with E-state index in [-0.39, 0.29) is 6.04 Å². The van der Waals surface area contributed by atoms with Crippen LogP contribution in [0.1, 0.15) is 34.4 Å². The summed E-state index contributed by atoms with van der Waals surface area (Å²) in [5.74, 6) is 3.50. The summed E-state index contributed by atoms with van der Waals surface area (Å²) in [4.78, 5) is 4.51. The van der Waals surface area contributed by atoms with Crippen molar-refractivity contribution in [2.24, 2.45) is 0 Å². The van der Waals surface area contributed by atoms with Gasteiger partial charge in [0.05, 0.1) is 27.0 Å². The minimum absolute atomic E-state index is 0.278. The van der Waals surface area contributed by atoms with E-state index in [0.29, 0.717) is 17.4 Å². The van der Waals surface area contributed by atoms with E-state index in [4.69, 9.17) is 18.9 Å². The Morgan fingerprint density at radius 2 is 1.78 bits per heavy atom. The predicted molar refractivity (Wildman–Crippen MR) is 136 cm³/mol. The van der Waals surface area contributed by atoms with Gasteiger partial charge in [0.25, 0.3) is 0 Å². The molecule has 0 saturated heterocycles. The number of methoxy groups -OCH3 is 3. The van der Waals surface area contributed by atoms with E-state index in [1.165, 1.54) is 0 Å². The van der Waals surface area contributed by atoms with Gasteiger partial charge in [0.2, 0.25) is 5.95 Å². The molecule has 3 heterocycles. The van der Waals surface area contributed by atoms with E-state index >= 15 is 0 Å². The number of hydrogen-bond acceptors (Lipinski definition) is 7. The monoisotopic (exact) mass is 482 g/mol. The van der Waals surface area contributed by atoms with E-state index in [1.54, 1.807) is 27.7 Å². The molecule has 0 amide bonds. The number of para-hydroxylation sites is 1. The zero-order chi connectivity index (χ0) is 24.8. The predicted octanol–water partition coefficient (Wildman–Crippen LogP) is 5.17. The Labute approximate surface area is 209 Å². The van der Waals surface area contributed by atoms with Gasteiger partial charge >= 0.3 is 0 Å². The van der Waals surface area contributed by atoms with Crippen molar-refractivity contribution in [1.29, 1.82) is 0 Å². The van der Waals surface area contributed by atoms with E-state index in [2.05, 4.69) is 46.6 Å². The first-order chi connectivity index (χ1) is 17.6. The van der Waals surface area contributed by atoms with Crippen LogP contribution >= 0.6 is 0 Å². The standard InChI is InChI=1S/C28H26N4O4/c1-16-8-13-21-20(14-16)24-23(27(36-21)19-6-5-7-22(34-3)26(19)35-4)25(32-28(31-24)29-15-30-32)17-9-11-18(33-2)12-10-17/h5-15,25,27H,1-4H3,(H,29,30,31)/t25-,27+/m1/s1. The fourth-order valence-corrected chi connectivity index (χ4v) is 5.07. The Balaban J connectivity index is 1.63. The minimum atomic E-state index is -0.475. The molecule has 1 aromatic heterocycles. The Kier molecular flexibility index (Phi) is 5.29. The highest BCUT2D eigenvalue weighted by molar-refractivity contribution is 5.85. The maximum absolute atomic E-state index is 6.75. The maximum Gasteiger partial charge on any atom is 0.226 e. The number of rotatable bonds is 5. The van der Waals surface area contributed by atoms with Crippen LogP contribution in [0.5, 0.6) is 23.0 Å². The van der Waals surface area contributed by atoms with Gasteiger partial charge in [-0.15, -0.1) is 0 Å². The zero-order valence-electron chi connectivity index (χ0n) is 20.5. The summed E-state index contributed by atoms with van der Waals surface area (Å²) in [6.45, 7) is 2.07. The highest BCUT2D eigenvalue weighted by atomic mass is 16.5. The topological polar surface area (TPSA) is 79.7 Å². The van der Waals surface area contributed by atoms with Crippen LogP contribution in [0.25, 0.3) is 5.70 Å². The maximum atomic E-state index is 6.75. The third-order valence-corrected chi connectivity index (χ3v) is 6.72. The van der Waals surface area contributed by atoms with E-state index in [9.17, 15) is 0 Å². The molecule has 8 heteroatoms. The number of benzene rings is 3. The summed E-state index contributed by atoms with van der Waals surface area (Å²) in [5.41, 5.74) is 5.97. The lowest BCUT2D eigenvalue weighted by atomic mass is 9.84. The summed E-state index contributed by atoms with van der Waals surface area (Å²) in [6, 6.07) is 19.8. The Hall–Kier alpha value is -4.46. The van der Waals surface area contributed by atoms with Crippen molar-refractivity contribution in [3.05, 3.63) is 94.8 Å². The highest BCUT2D eigenvalue weighted by Gasteiger charge is 2.42. The Bertz CT molecular complexity index is 1480. The quantitative estimate of drug-likeness (QED) is 0.420. The van der Waals surface area contributed by atoms with Gasteiger partial charge < -0.3 is 24.3 Å². The van der Waals surface area contributed by atoms with Gasteiger partial charge in [0, 0.05) is 16.7 Å². The molecule has 0 unspecified atom stereocenters. The smallest absolute Gasteiger partial charge is 0.226 e. The molecule has 1 N–H and O–H groups in total. The van der Waals surface area contributed by atoms with Crippen molar-refractivity contribution in [1.82, 2.24) is 14.8 Å². The van der Waals surface area contributed by atoms with Gasteiger partial charge in [-0.25, -0.2) is 4.68 Å². The Morgan fingerprint density at radius 1 is 0.944 bits per heavy atom. The molecule has 3 aromatic carbocycles. The minimum Gasteiger partial charge on any atom is -0.497 e. The number of aromatic nitrogens is 3. The first kappa shape index (κ1) is 22.0. The number of hydrogen-bond donors (Lipinski definition) is 1. The average Bonchev–Trinajstić information content (AvgIpc) is 3.39. The second-order valence-corrected chi connectivity index (χ2v) is 8.74. The molecule has 0 aliphatic carbocycles. The number of fused-ring (bicyclic) bond motifs is 3. The van der Waals surface area contributed by atoms with Crippen LogP contribution in [0.3, 0.4) is 0 Å². The molecule has 2 aliphatic rings. The van der Waals surface area contributed by atoms with Crippen LogP contribution in [0.15, 0.2) is 72.6 Å². The molecule has 4 aromatic rings. The fourth-order valence-electron chi connectivity index (χ4n) is 5.07. The van der Waals surface area contributed by atoms with Gasteiger partial charge in [-0.1, -0.05) is 35.9 Å². The lowest BCUT2D eigenvalue weighted by Gasteiger charge is -2.39. The van der Waals surface area contributed by atoms with Crippen LogP contribution in [0, 0.1) is 6.92 Å². The van der Waals surface area contributed by atoms with Gasteiger partial charge in [-0.2, -0.15) is 10.1 Å². The molecule has 0 bridgehead atoms. The van der Waals surface area contributed by atoms with Crippen LogP contribution in [0.2, 0.25) is 0 Å². The molecular formula is C28H26N4O4. The molecule has 0 spiro atoms. The molecule has 182 valence electrons. The normalized spacial score (nSPS) is 17.8. The van der Waals surface area contributed by atoms with Crippen molar-refractivity contribution < 1.29 is 18.9 Å². The van der Waals surface area contributed by atoms with Crippen molar-refractivity contribution in [2.75, 3.05) is 26.6 Å².